The Morgan fingerprint density at radius 3 is 2.81 bits per heavy atom. The Morgan fingerprint density at radius 1 is 1.50 bits per heavy atom. The van der Waals surface area contributed by atoms with Crippen molar-refractivity contribution in [3.05, 3.63) is 23.9 Å². The van der Waals surface area contributed by atoms with Crippen LogP contribution < -0.4 is 10.6 Å². The van der Waals surface area contributed by atoms with Gasteiger partial charge in [-0.15, -0.1) is 0 Å². The summed E-state index contributed by atoms with van der Waals surface area (Å²) >= 11 is 4.95. The molecular weight excluding hydrogens is 218 g/mol. The fraction of sp³-hybridized carbons (Fsp3) is 0.500. The lowest BCUT2D eigenvalue weighted by atomic mass is 10.0. The van der Waals surface area contributed by atoms with E-state index in [-0.39, 0.29) is 5.54 Å². The smallest absolute Gasteiger partial charge is 0.129 e. The highest BCUT2D eigenvalue weighted by Gasteiger charge is 2.32. The van der Waals surface area contributed by atoms with Crippen molar-refractivity contribution in [3.8, 4) is 0 Å². The Morgan fingerprint density at radius 2 is 2.25 bits per heavy atom. The standard InChI is InChI=1S/C12H17N3S/c1-12(2)7-4-8-15(12)10-6-3-5-9(14-10)11(13)16/h3,5-6H,4,7-8H2,1-2H3,(H2,13,16). The van der Waals surface area contributed by atoms with E-state index in [9.17, 15) is 0 Å². The van der Waals surface area contributed by atoms with E-state index >= 15 is 0 Å². The van der Waals surface area contributed by atoms with Gasteiger partial charge in [0.25, 0.3) is 0 Å². The first-order valence-electron chi connectivity index (χ1n) is 5.55. The summed E-state index contributed by atoms with van der Waals surface area (Å²) in [7, 11) is 0. The van der Waals surface area contributed by atoms with Gasteiger partial charge in [0.05, 0.1) is 5.69 Å². The van der Waals surface area contributed by atoms with E-state index < -0.39 is 0 Å². The summed E-state index contributed by atoms with van der Waals surface area (Å²) in [5, 5.41) is 0. The molecule has 0 saturated carbocycles. The maximum absolute atomic E-state index is 5.60. The summed E-state index contributed by atoms with van der Waals surface area (Å²) in [4.78, 5) is 7.20. The maximum Gasteiger partial charge on any atom is 0.129 e. The number of nitrogens with zero attached hydrogens (tertiary/aromatic N) is 2. The minimum atomic E-state index is 0.182. The number of rotatable bonds is 2. The minimum Gasteiger partial charge on any atom is -0.388 e. The number of pyridine rings is 1. The molecule has 0 atom stereocenters. The van der Waals surface area contributed by atoms with E-state index in [1.165, 1.54) is 12.8 Å². The van der Waals surface area contributed by atoms with Crippen LogP contribution in [0, 0.1) is 0 Å². The van der Waals surface area contributed by atoms with Gasteiger partial charge in [-0.25, -0.2) is 4.98 Å². The zero-order valence-corrected chi connectivity index (χ0v) is 10.5. The number of hydrogen-bond acceptors (Lipinski definition) is 3. The zero-order chi connectivity index (χ0) is 11.8. The van der Waals surface area contributed by atoms with Crippen LogP contribution in [0.1, 0.15) is 32.4 Å². The third-order valence-corrected chi connectivity index (χ3v) is 3.37. The van der Waals surface area contributed by atoms with Gasteiger partial charge in [-0.05, 0) is 38.8 Å². The van der Waals surface area contributed by atoms with Crippen LogP contribution in [0.25, 0.3) is 0 Å². The Hall–Kier alpha value is -1.16. The molecule has 1 aromatic rings. The van der Waals surface area contributed by atoms with Gasteiger partial charge in [0.2, 0.25) is 0 Å². The number of anilines is 1. The lowest BCUT2D eigenvalue weighted by Gasteiger charge is -2.32. The van der Waals surface area contributed by atoms with Gasteiger partial charge >= 0.3 is 0 Å². The average Bonchev–Trinajstić information content (AvgIpc) is 2.58. The second-order valence-corrected chi connectivity index (χ2v) is 5.25. The average molecular weight is 235 g/mol. The van der Waals surface area contributed by atoms with Crippen molar-refractivity contribution >= 4 is 23.0 Å². The summed E-state index contributed by atoms with van der Waals surface area (Å²) in [6.07, 6.45) is 2.41. The summed E-state index contributed by atoms with van der Waals surface area (Å²) in [6, 6.07) is 5.84. The number of aromatic nitrogens is 1. The van der Waals surface area contributed by atoms with Crippen LogP contribution in [-0.4, -0.2) is 22.1 Å². The minimum absolute atomic E-state index is 0.182. The highest BCUT2D eigenvalue weighted by atomic mass is 32.1. The van der Waals surface area contributed by atoms with Gasteiger partial charge in [0.15, 0.2) is 0 Å². The largest absolute Gasteiger partial charge is 0.388 e. The van der Waals surface area contributed by atoms with Crippen molar-refractivity contribution in [2.45, 2.75) is 32.2 Å². The zero-order valence-electron chi connectivity index (χ0n) is 9.73. The fourth-order valence-electron chi connectivity index (χ4n) is 2.24. The van der Waals surface area contributed by atoms with Crippen molar-refractivity contribution < 1.29 is 0 Å². The molecule has 86 valence electrons. The summed E-state index contributed by atoms with van der Waals surface area (Å²) in [5.74, 6) is 0.979. The molecule has 16 heavy (non-hydrogen) atoms. The summed E-state index contributed by atoms with van der Waals surface area (Å²) in [6.45, 7) is 5.55. The molecule has 1 aliphatic rings. The molecule has 2 N–H and O–H groups in total. The fourth-order valence-corrected chi connectivity index (χ4v) is 2.36. The maximum atomic E-state index is 5.60. The van der Waals surface area contributed by atoms with E-state index in [4.69, 9.17) is 18.0 Å². The molecule has 2 rings (SSSR count). The van der Waals surface area contributed by atoms with E-state index in [2.05, 4.69) is 23.7 Å². The highest BCUT2D eigenvalue weighted by molar-refractivity contribution is 7.80. The van der Waals surface area contributed by atoms with Crippen molar-refractivity contribution in [2.75, 3.05) is 11.4 Å². The van der Waals surface area contributed by atoms with Crippen LogP contribution in [0.5, 0.6) is 0 Å². The molecule has 1 saturated heterocycles. The SMILES string of the molecule is CC1(C)CCCN1c1cccc(C(N)=S)n1. The molecule has 4 heteroatoms. The van der Waals surface area contributed by atoms with Crippen molar-refractivity contribution in [1.29, 1.82) is 0 Å². The Bertz CT molecular complexity index is 414. The molecule has 0 spiro atoms. The Labute approximate surface area is 102 Å². The van der Waals surface area contributed by atoms with Crippen molar-refractivity contribution in [1.82, 2.24) is 4.98 Å². The predicted molar refractivity (Wildman–Crippen MR) is 70.8 cm³/mol. The van der Waals surface area contributed by atoms with Crippen LogP contribution >= 0.6 is 12.2 Å². The van der Waals surface area contributed by atoms with E-state index in [1.807, 2.05) is 18.2 Å². The van der Waals surface area contributed by atoms with Gasteiger partial charge in [0.1, 0.15) is 10.8 Å². The summed E-state index contributed by atoms with van der Waals surface area (Å²) in [5.41, 5.74) is 6.49. The first-order chi connectivity index (χ1) is 7.50. The molecule has 0 aliphatic carbocycles. The topological polar surface area (TPSA) is 42.1 Å². The van der Waals surface area contributed by atoms with Crippen LogP contribution in [0.4, 0.5) is 5.82 Å². The second-order valence-electron chi connectivity index (χ2n) is 4.81. The van der Waals surface area contributed by atoms with Crippen molar-refractivity contribution in [2.24, 2.45) is 5.73 Å². The van der Waals surface area contributed by atoms with Crippen LogP contribution in [0.3, 0.4) is 0 Å². The van der Waals surface area contributed by atoms with Gasteiger partial charge in [0, 0.05) is 12.1 Å². The van der Waals surface area contributed by atoms with Crippen molar-refractivity contribution in [3.63, 3.8) is 0 Å². The van der Waals surface area contributed by atoms with Crippen LogP contribution in [0.2, 0.25) is 0 Å². The quantitative estimate of drug-likeness (QED) is 0.797. The molecule has 0 radical (unpaired) electrons. The number of nitrogens with two attached hydrogens (primary N) is 1. The Balaban J connectivity index is 2.34. The normalized spacial score (nSPS) is 18.8. The highest BCUT2D eigenvalue weighted by Crippen LogP contribution is 2.32. The molecule has 1 aromatic heterocycles. The molecule has 2 heterocycles. The van der Waals surface area contributed by atoms with Gasteiger partial charge in [-0.2, -0.15) is 0 Å². The molecule has 0 amide bonds. The molecule has 1 aliphatic heterocycles. The second kappa shape index (κ2) is 4.01. The first kappa shape index (κ1) is 11.3. The molecule has 0 unspecified atom stereocenters. The number of thiocarbonyl (C=S) groups is 1. The molecule has 3 nitrogen and oxygen atoms in total. The van der Waals surface area contributed by atoms with Gasteiger partial charge in [-0.3, -0.25) is 0 Å². The first-order valence-corrected chi connectivity index (χ1v) is 5.96. The Kier molecular flexibility index (Phi) is 2.84. The molecule has 1 fully saturated rings. The third-order valence-electron chi connectivity index (χ3n) is 3.16. The molecule has 0 aromatic carbocycles. The van der Waals surface area contributed by atoms with E-state index in [0.29, 0.717) is 10.7 Å². The molecule has 0 bridgehead atoms. The lowest BCUT2D eigenvalue weighted by molar-refractivity contribution is 0.514. The lowest BCUT2D eigenvalue weighted by Crippen LogP contribution is -2.38. The predicted octanol–water partition coefficient (Wildman–Crippen LogP) is 2.09. The monoisotopic (exact) mass is 235 g/mol. The van der Waals surface area contributed by atoms with Crippen LogP contribution in [-0.2, 0) is 0 Å². The van der Waals surface area contributed by atoms with E-state index in [1.54, 1.807) is 0 Å². The van der Waals surface area contributed by atoms with Crippen LogP contribution in [0.15, 0.2) is 18.2 Å². The van der Waals surface area contributed by atoms with E-state index in [0.717, 1.165) is 12.4 Å². The summed E-state index contributed by atoms with van der Waals surface area (Å²) < 4.78 is 0. The third kappa shape index (κ3) is 2.02. The van der Waals surface area contributed by atoms with Gasteiger partial charge in [-0.1, -0.05) is 18.3 Å². The molecular formula is C12H17N3S. The number of hydrogen-bond donors (Lipinski definition) is 1. The van der Waals surface area contributed by atoms with Gasteiger partial charge < -0.3 is 10.6 Å².